The first-order chi connectivity index (χ1) is 14.6. The van der Waals surface area contributed by atoms with Crippen LogP contribution in [0.3, 0.4) is 0 Å². The molecule has 0 bridgehead atoms. The summed E-state index contributed by atoms with van der Waals surface area (Å²) >= 11 is 0. The van der Waals surface area contributed by atoms with Crippen molar-refractivity contribution < 1.29 is 24.1 Å². The molecule has 0 aliphatic carbocycles. The van der Waals surface area contributed by atoms with Crippen molar-refractivity contribution in [2.45, 2.75) is 25.7 Å². The van der Waals surface area contributed by atoms with Crippen LogP contribution in [0, 0.1) is 0 Å². The van der Waals surface area contributed by atoms with Crippen molar-refractivity contribution in [2.75, 3.05) is 13.3 Å². The summed E-state index contributed by atoms with van der Waals surface area (Å²) in [6.07, 6.45) is -0.873. The summed E-state index contributed by atoms with van der Waals surface area (Å²) in [6.45, 7) is 0.791. The fourth-order valence-electron chi connectivity index (χ4n) is 4.53. The Hall–Kier alpha value is -3.43. The van der Waals surface area contributed by atoms with Crippen LogP contribution < -0.4 is 20.8 Å². The SMILES string of the molecule is NCCc1c2c(nc3cc4c(cc13)OCO4)-c1cc3c(c(=O)n1C2)COC(=O)[C@H]3O. The van der Waals surface area contributed by atoms with Crippen LogP contribution in [0.2, 0.25) is 0 Å². The number of ether oxygens (including phenoxy) is 3. The summed E-state index contributed by atoms with van der Waals surface area (Å²) in [5.74, 6) is 0.519. The van der Waals surface area contributed by atoms with Crippen molar-refractivity contribution in [1.29, 1.82) is 0 Å². The number of benzene rings is 1. The minimum atomic E-state index is -1.48. The maximum atomic E-state index is 13.1. The van der Waals surface area contributed by atoms with E-state index < -0.39 is 12.1 Å². The molecule has 9 nitrogen and oxygen atoms in total. The van der Waals surface area contributed by atoms with E-state index in [0.29, 0.717) is 53.5 Å². The van der Waals surface area contributed by atoms with E-state index in [0.717, 1.165) is 16.5 Å². The van der Waals surface area contributed by atoms with E-state index in [-0.39, 0.29) is 24.5 Å². The zero-order chi connectivity index (χ0) is 20.6. The van der Waals surface area contributed by atoms with Crippen molar-refractivity contribution in [3.05, 3.63) is 50.8 Å². The minimum absolute atomic E-state index is 0.146. The maximum absolute atomic E-state index is 13.1. The monoisotopic (exact) mass is 407 g/mol. The number of rotatable bonds is 2. The first-order valence-electron chi connectivity index (χ1n) is 9.63. The Morgan fingerprint density at radius 1 is 1.13 bits per heavy atom. The van der Waals surface area contributed by atoms with E-state index >= 15 is 0 Å². The lowest BCUT2D eigenvalue weighted by Gasteiger charge is -2.21. The Bertz CT molecular complexity index is 1330. The maximum Gasteiger partial charge on any atom is 0.340 e. The second-order valence-electron chi connectivity index (χ2n) is 7.54. The zero-order valence-corrected chi connectivity index (χ0v) is 15.8. The number of aliphatic hydroxyl groups is 1. The highest BCUT2D eigenvalue weighted by atomic mass is 16.7. The van der Waals surface area contributed by atoms with Gasteiger partial charge < -0.3 is 29.6 Å². The van der Waals surface area contributed by atoms with Gasteiger partial charge in [-0.2, -0.15) is 0 Å². The molecular formula is C21H17N3O6. The van der Waals surface area contributed by atoms with Crippen LogP contribution in [0.5, 0.6) is 11.5 Å². The van der Waals surface area contributed by atoms with Crippen LogP contribution in [0.1, 0.15) is 28.4 Å². The molecule has 9 heteroatoms. The summed E-state index contributed by atoms with van der Waals surface area (Å²) in [5.41, 5.74) is 10.0. The van der Waals surface area contributed by atoms with Gasteiger partial charge in [-0.3, -0.25) is 4.79 Å². The van der Waals surface area contributed by atoms with E-state index in [1.807, 2.05) is 12.1 Å². The molecule has 3 aliphatic heterocycles. The van der Waals surface area contributed by atoms with Gasteiger partial charge in [-0.05, 0) is 30.7 Å². The smallest absolute Gasteiger partial charge is 0.340 e. The Balaban J connectivity index is 1.64. The summed E-state index contributed by atoms with van der Waals surface area (Å²) < 4.78 is 17.6. The largest absolute Gasteiger partial charge is 0.458 e. The molecule has 30 heavy (non-hydrogen) atoms. The Morgan fingerprint density at radius 3 is 2.73 bits per heavy atom. The molecule has 3 aliphatic rings. The molecule has 6 rings (SSSR count). The van der Waals surface area contributed by atoms with Crippen molar-refractivity contribution in [1.82, 2.24) is 9.55 Å². The predicted octanol–water partition coefficient (Wildman–Crippen LogP) is 0.745. The van der Waals surface area contributed by atoms with Gasteiger partial charge in [-0.1, -0.05) is 0 Å². The van der Waals surface area contributed by atoms with Crippen LogP contribution >= 0.6 is 0 Å². The molecular weight excluding hydrogens is 390 g/mol. The first-order valence-corrected chi connectivity index (χ1v) is 9.63. The van der Waals surface area contributed by atoms with E-state index in [9.17, 15) is 14.7 Å². The van der Waals surface area contributed by atoms with Gasteiger partial charge in [0.1, 0.15) is 6.61 Å². The average Bonchev–Trinajstić information content (AvgIpc) is 3.34. The number of cyclic esters (lactones) is 1. The number of hydrogen-bond acceptors (Lipinski definition) is 8. The molecule has 3 aromatic rings. The molecule has 0 fully saturated rings. The van der Waals surface area contributed by atoms with Crippen LogP contribution in [0.4, 0.5) is 0 Å². The van der Waals surface area contributed by atoms with E-state index in [1.54, 1.807) is 10.6 Å². The first kappa shape index (κ1) is 17.4. The van der Waals surface area contributed by atoms with Gasteiger partial charge in [0.25, 0.3) is 5.56 Å². The number of aromatic nitrogens is 2. The lowest BCUT2D eigenvalue weighted by Crippen LogP contribution is -2.32. The average molecular weight is 407 g/mol. The number of fused-ring (bicyclic) bond motifs is 6. The van der Waals surface area contributed by atoms with Gasteiger partial charge in [0.05, 0.1) is 29.0 Å². The molecule has 1 atom stereocenters. The lowest BCUT2D eigenvalue weighted by molar-refractivity contribution is -0.157. The number of pyridine rings is 2. The highest BCUT2D eigenvalue weighted by Crippen LogP contribution is 2.42. The third-order valence-corrected chi connectivity index (χ3v) is 5.96. The molecule has 0 unspecified atom stereocenters. The highest BCUT2D eigenvalue weighted by molar-refractivity contribution is 5.91. The molecule has 0 spiro atoms. The topological polar surface area (TPSA) is 126 Å². The number of esters is 1. The van der Waals surface area contributed by atoms with Gasteiger partial charge in [-0.25, -0.2) is 9.78 Å². The molecule has 152 valence electrons. The van der Waals surface area contributed by atoms with Gasteiger partial charge >= 0.3 is 5.97 Å². The molecule has 0 saturated heterocycles. The van der Waals surface area contributed by atoms with Crippen molar-refractivity contribution >= 4 is 16.9 Å². The number of nitrogens with zero attached hydrogens (tertiary/aromatic N) is 2. The molecule has 0 radical (unpaired) electrons. The Morgan fingerprint density at radius 2 is 1.93 bits per heavy atom. The van der Waals surface area contributed by atoms with E-state index in [2.05, 4.69) is 0 Å². The van der Waals surface area contributed by atoms with Gasteiger partial charge in [0, 0.05) is 22.6 Å². The van der Waals surface area contributed by atoms with Crippen LogP contribution in [-0.2, 0) is 29.1 Å². The number of nitrogens with two attached hydrogens (primary N) is 1. The lowest BCUT2D eigenvalue weighted by atomic mass is 9.97. The number of carbonyl (C=O) groups is 1. The molecule has 5 heterocycles. The standard InChI is InChI=1S/C21H17N3O6/c22-2-1-9-10-4-16-17(30-8-29-16)5-14(10)23-18-12(9)6-24-15(18)3-11-13(20(24)26)7-28-21(27)19(11)25/h3-5,19,25H,1-2,6-8,22H2/t19-/m0/s1. The fourth-order valence-corrected chi connectivity index (χ4v) is 4.53. The summed E-state index contributed by atoms with van der Waals surface area (Å²) in [4.78, 5) is 29.7. The summed E-state index contributed by atoms with van der Waals surface area (Å²) in [7, 11) is 0. The number of aliphatic hydroxyl groups excluding tert-OH is 1. The number of hydrogen-bond donors (Lipinski definition) is 2. The summed E-state index contributed by atoms with van der Waals surface area (Å²) in [5, 5.41) is 11.2. The summed E-state index contributed by atoms with van der Waals surface area (Å²) in [6, 6.07) is 5.40. The minimum Gasteiger partial charge on any atom is -0.458 e. The molecule has 0 saturated carbocycles. The normalized spacial score (nSPS) is 18.2. The fraction of sp³-hybridized carbons (Fsp3) is 0.286. The second-order valence-corrected chi connectivity index (χ2v) is 7.54. The third-order valence-electron chi connectivity index (χ3n) is 5.96. The molecule has 0 amide bonds. The second kappa shape index (κ2) is 6.04. The van der Waals surface area contributed by atoms with Crippen molar-refractivity contribution in [2.24, 2.45) is 5.73 Å². The molecule has 2 aromatic heterocycles. The van der Waals surface area contributed by atoms with E-state index in [1.165, 1.54) is 0 Å². The predicted molar refractivity (Wildman–Crippen MR) is 104 cm³/mol. The van der Waals surface area contributed by atoms with E-state index in [4.69, 9.17) is 24.9 Å². The zero-order valence-electron chi connectivity index (χ0n) is 15.8. The Kier molecular flexibility index (Phi) is 3.51. The molecule has 3 N–H and O–H groups in total. The van der Waals surface area contributed by atoms with Crippen LogP contribution in [0.25, 0.3) is 22.3 Å². The van der Waals surface area contributed by atoms with Gasteiger partial charge in [0.2, 0.25) is 6.79 Å². The van der Waals surface area contributed by atoms with Crippen molar-refractivity contribution in [3.63, 3.8) is 0 Å². The highest BCUT2D eigenvalue weighted by Gasteiger charge is 2.34. The third kappa shape index (κ3) is 2.21. The van der Waals surface area contributed by atoms with Crippen LogP contribution in [0.15, 0.2) is 23.0 Å². The quantitative estimate of drug-likeness (QED) is 0.466. The van der Waals surface area contributed by atoms with Gasteiger partial charge in [0.15, 0.2) is 17.6 Å². The number of carbonyl (C=O) groups excluding carboxylic acids is 1. The Labute approximate surface area is 169 Å². The molecule has 1 aromatic carbocycles. The van der Waals surface area contributed by atoms with Crippen molar-refractivity contribution in [3.8, 4) is 22.9 Å². The van der Waals surface area contributed by atoms with Gasteiger partial charge in [-0.15, -0.1) is 0 Å². The van der Waals surface area contributed by atoms with Crippen LogP contribution in [-0.4, -0.2) is 34.0 Å².